The topological polar surface area (TPSA) is 64.0 Å². The van der Waals surface area contributed by atoms with Crippen LogP contribution in [0.5, 0.6) is 0 Å². The van der Waals surface area contributed by atoms with Crippen LogP contribution in [0.15, 0.2) is 0 Å². The normalized spacial score (nSPS) is 33.2. The van der Waals surface area contributed by atoms with Crippen LogP contribution in [0.4, 0.5) is 13.6 Å². The van der Waals surface area contributed by atoms with Gasteiger partial charge in [-0.2, -0.15) is 0 Å². The van der Waals surface area contributed by atoms with Gasteiger partial charge in [0.2, 0.25) is 0 Å². The number of carboxylic acid groups (broad SMARTS) is 1. The number of carbonyl (C=O) groups is 1. The molecule has 2 rings (SSSR count). The van der Waals surface area contributed by atoms with Gasteiger partial charge in [-0.3, -0.25) is 4.90 Å². The van der Waals surface area contributed by atoms with Gasteiger partial charge in [0.05, 0.1) is 13.2 Å². The summed E-state index contributed by atoms with van der Waals surface area (Å²) >= 11 is 0. The second-order valence-corrected chi connectivity index (χ2v) is 7.60. The molecule has 0 saturated carbocycles. The first-order valence-corrected chi connectivity index (χ1v) is 7.79. The Morgan fingerprint density at radius 1 is 1.36 bits per heavy atom. The van der Waals surface area contributed by atoms with E-state index in [4.69, 9.17) is 0 Å². The maximum absolute atomic E-state index is 13.7. The quantitative estimate of drug-likeness (QED) is 0.819. The highest BCUT2D eigenvalue weighted by atomic mass is 19.3. The molecule has 2 fully saturated rings. The standard InChI is InChI=1S/C15H26F2N2O3/c1-14(2,3)12-6-10(4-5-18(12)13(21)22)19-9-15(16,17)7-11(19)8-20/h10-12,20H,4-9H2,1-3H3,(H,21,22)/t10?,11-,12?/m1/s1. The van der Waals surface area contributed by atoms with Crippen molar-refractivity contribution in [3.8, 4) is 0 Å². The average Bonchev–Trinajstić information content (AvgIpc) is 2.72. The number of hydrogen-bond acceptors (Lipinski definition) is 3. The molecule has 2 heterocycles. The number of alkyl halides is 2. The van der Waals surface area contributed by atoms with Crippen molar-refractivity contribution in [3.05, 3.63) is 0 Å². The van der Waals surface area contributed by atoms with Gasteiger partial charge in [0.25, 0.3) is 5.92 Å². The summed E-state index contributed by atoms with van der Waals surface area (Å²) in [7, 11) is 0. The molecule has 0 aromatic rings. The molecule has 128 valence electrons. The van der Waals surface area contributed by atoms with Crippen LogP contribution in [0.1, 0.15) is 40.0 Å². The highest BCUT2D eigenvalue weighted by Gasteiger charge is 2.49. The lowest BCUT2D eigenvalue weighted by molar-refractivity contribution is -0.0120. The fourth-order valence-electron chi connectivity index (χ4n) is 3.82. The van der Waals surface area contributed by atoms with Crippen LogP contribution in [0.3, 0.4) is 0 Å². The van der Waals surface area contributed by atoms with Crippen LogP contribution < -0.4 is 0 Å². The Morgan fingerprint density at radius 3 is 2.50 bits per heavy atom. The molecule has 7 heteroatoms. The van der Waals surface area contributed by atoms with Gasteiger partial charge in [-0.1, -0.05) is 20.8 Å². The molecular formula is C15H26F2N2O3. The van der Waals surface area contributed by atoms with Crippen molar-refractivity contribution in [1.82, 2.24) is 9.80 Å². The van der Waals surface area contributed by atoms with E-state index in [9.17, 15) is 23.8 Å². The third-order valence-corrected chi connectivity index (χ3v) is 4.92. The number of likely N-dealkylation sites (tertiary alicyclic amines) is 2. The fourth-order valence-corrected chi connectivity index (χ4v) is 3.82. The predicted molar refractivity (Wildman–Crippen MR) is 78.1 cm³/mol. The molecule has 2 aliphatic heterocycles. The van der Waals surface area contributed by atoms with Crippen LogP contribution in [0.2, 0.25) is 0 Å². The molecule has 3 atom stereocenters. The van der Waals surface area contributed by atoms with Gasteiger partial charge in [0, 0.05) is 31.1 Å². The van der Waals surface area contributed by atoms with Crippen molar-refractivity contribution in [3.63, 3.8) is 0 Å². The molecule has 0 aromatic heterocycles. The van der Waals surface area contributed by atoms with E-state index in [1.165, 1.54) is 4.90 Å². The number of aliphatic hydroxyl groups is 1. The summed E-state index contributed by atoms with van der Waals surface area (Å²) in [5, 5.41) is 18.7. The van der Waals surface area contributed by atoms with Crippen molar-refractivity contribution < 1.29 is 23.8 Å². The molecule has 0 aliphatic carbocycles. The lowest BCUT2D eigenvalue weighted by atomic mass is 9.79. The molecule has 0 aromatic carbocycles. The van der Waals surface area contributed by atoms with E-state index in [2.05, 4.69) is 0 Å². The minimum Gasteiger partial charge on any atom is -0.465 e. The summed E-state index contributed by atoms with van der Waals surface area (Å²) in [4.78, 5) is 14.5. The Kier molecular flexibility index (Phi) is 4.69. The summed E-state index contributed by atoms with van der Waals surface area (Å²) in [5.41, 5.74) is -0.256. The molecule has 0 radical (unpaired) electrons. The fraction of sp³-hybridized carbons (Fsp3) is 0.933. The second-order valence-electron chi connectivity index (χ2n) is 7.60. The largest absolute Gasteiger partial charge is 0.465 e. The van der Waals surface area contributed by atoms with Crippen molar-refractivity contribution in [2.24, 2.45) is 5.41 Å². The number of amides is 1. The maximum Gasteiger partial charge on any atom is 0.407 e. The molecule has 2 saturated heterocycles. The Labute approximate surface area is 129 Å². The molecule has 22 heavy (non-hydrogen) atoms. The zero-order valence-electron chi connectivity index (χ0n) is 13.4. The van der Waals surface area contributed by atoms with Crippen molar-refractivity contribution in [1.29, 1.82) is 0 Å². The van der Waals surface area contributed by atoms with E-state index >= 15 is 0 Å². The van der Waals surface area contributed by atoms with Gasteiger partial charge in [0.15, 0.2) is 0 Å². The molecule has 2 N–H and O–H groups in total. The summed E-state index contributed by atoms with van der Waals surface area (Å²) in [6, 6.07) is -0.848. The van der Waals surface area contributed by atoms with E-state index in [-0.39, 0.29) is 37.1 Å². The van der Waals surface area contributed by atoms with E-state index in [1.54, 1.807) is 4.90 Å². The van der Waals surface area contributed by atoms with Crippen molar-refractivity contribution >= 4 is 6.09 Å². The van der Waals surface area contributed by atoms with Crippen LogP contribution in [-0.2, 0) is 0 Å². The number of aliphatic hydroxyl groups excluding tert-OH is 1. The van der Waals surface area contributed by atoms with Gasteiger partial charge in [-0.25, -0.2) is 13.6 Å². The van der Waals surface area contributed by atoms with Gasteiger partial charge in [-0.15, -0.1) is 0 Å². The summed E-state index contributed by atoms with van der Waals surface area (Å²) in [6.07, 6.45) is -0.208. The Morgan fingerprint density at radius 2 is 2.00 bits per heavy atom. The molecule has 5 nitrogen and oxygen atoms in total. The zero-order chi connectivity index (χ0) is 16.7. The van der Waals surface area contributed by atoms with Crippen molar-refractivity contribution in [2.45, 2.75) is 64.1 Å². The number of halogens is 2. The summed E-state index contributed by atoms with van der Waals surface area (Å²) in [6.45, 7) is 5.64. The van der Waals surface area contributed by atoms with Crippen LogP contribution in [-0.4, -0.2) is 69.9 Å². The Bertz CT molecular complexity index is 426. The molecule has 2 unspecified atom stereocenters. The van der Waals surface area contributed by atoms with E-state index in [1.807, 2.05) is 20.8 Å². The predicted octanol–water partition coefficient (Wildman–Crippen LogP) is 2.25. The second kappa shape index (κ2) is 5.92. The monoisotopic (exact) mass is 320 g/mol. The van der Waals surface area contributed by atoms with E-state index in [0.717, 1.165) is 0 Å². The van der Waals surface area contributed by atoms with Gasteiger partial charge in [0.1, 0.15) is 0 Å². The zero-order valence-corrected chi connectivity index (χ0v) is 13.4. The number of hydrogen-bond donors (Lipinski definition) is 2. The van der Waals surface area contributed by atoms with Gasteiger partial charge >= 0.3 is 6.09 Å². The summed E-state index contributed by atoms with van der Waals surface area (Å²) < 4.78 is 27.3. The molecule has 1 amide bonds. The van der Waals surface area contributed by atoms with Gasteiger partial charge < -0.3 is 15.1 Å². The number of nitrogens with zero attached hydrogens (tertiary/aromatic N) is 2. The molecule has 0 bridgehead atoms. The first kappa shape index (κ1) is 17.4. The number of rotatable bonds is 2. The summed E-state index contributed by atoms with van der Waals surface area (Å²) in [5.74, 6) is -2.77. The van der Waals surface area contributed by atoms with Crippen LogP contribution in [0.25, 0.3) is 0 Å². The first-order valence-electron chi connectivity index (χ1n) is 7.79. The smallest absolute Gasteiger partial charge is 0.407 e. The van der Waals surface area contributed by atoms with Gasteiger partial charge in [-0.05, 0) is 18.3 Å². The molecule has 0 spiro atoms. The van der Waals surface area contributed by atoms with Crippen molar-refractivity contribution in [2.75, 3.05) is 19.7 Å². The highest BCUT2D eigenvalue weighted by Crippen LogP contribution is 2.39. The SMILES string of the molecule is CC(C)(C)C1CC(N2CC(F)(F)C[C@@H]2CO)CCN1C(=O)O. The average molecular weight is 320 g/mol. The first-order chi connectivity index (χ1) is 10.0. The van der Waals surface area contributed by atoms with E-state index < -0.39 is 18.1 Å². The van der Waals surface area contributed by atoms with Crippen LogP contribution in [0, 0.1) is 5.41 Å². The molecule has 2 aliphatic rings. The minimum absolute atomic E-state index is 0.106. The Hall–Kier alpha value is -0.950. The third-order valence-electron chi connectivity index (χ3n) is 4.92. The lowest BCUT2D eigenvalue weighted by Crippen LogP contribution is -2.57. The minimum atomic E-state index is -2.77. The Balaban J connectivity index is 2.16. The lowest BCUT2D eigenvalue weighted by Gasteiger charge is -2.47. The third kappa shape index (κ3) is 3.51. The van der Waals surface area contributed by atoms with E-state index in [0.29, 0.717) is 19.4 Å². The van der Waals surface area contributed by atoms with Crippen LogP contribution >= 0.6 is 0 Å². The highest BCUT2D eigenvalue weighted by molar-refractivity contribution is 5.65. The number of piperidine rings is 1. The molecular weight excluding hydrogens is 294 g/mol. The maximum atomic E-state index is 13.7.